The molecule has 0 aromatic rings. The quantitative estimate of drug-likeness (QED) is 0.565. The number of cyclic esters (lactones) is 1. The van der Waals surface area contributed by atoms with Gasteiger partial charge in [-0.3, -0.25) is 9.59 Å². The number of hydrogen-bond acceptors (Lipinski definition) is 5. The molecule has 0 saturated carbocycles. The Morgan fingerprint density at radius 3 is 2.72 bits per heavy atom. The molecule has 0 spiro atoms. The van der Waals surface area contributed by atoms with E-state index in [2.05, 4.69) is 0 Å². The molecular formula is C13H20O5. The van der Waals surface area contributed by atoms with Crippen LogP contribution in [0.2, 0.25) is 0 Å². The Labute approximate surface area is 107 Å². The molecule has 1 saturated heterocycles. The summed E-state index contributed by atoms with van der Waals surface area (Å²) in [4.78, 5) is 33.4. The van der Waals surface area contributed by atoms with Crippen LogP contribution in [0.4, 0.5) is 0 Å². The first kappa shape index (κ1) is 14.7. The molecule has 1 rings (SSSR count). The van der Waals surface area contributed by atoms with E-state index < -0.39 is 18.0 Å². The zero-order valence-electron chi connectivity index (χ0n) is 11.0. The molecule has 0 bridgehead atoms. The van der Waals surface area contributed by atoms with Crippen LogP contribution < -0.4 is 0 Å². The van der Waals surface area contributed by atoms with E-state index in [1.54, 1.807) is 6.92 Å². The molecule has 102 valence electrons. The molecule has 5 nitrogen and oxygen atoms in total. The van der Waals surface area contributed by atoms with Gasteiger partial charge in [0.2, 0.25) is 0 Å². The van der Waals surface area contributed by atoms with Gasteiger partial charge < -0.3 is 14.3 Å². The lowest BCUT2D eigenvalue weighted by molar-refractivity contribution is -0.164. The molecule has 1 fully saturated rings. The Morgan fingerprint density at radius 1 is 1.50 bits per heavy atom. The van der Waals surface area contributed by atoms with Crippen LogP contribution in [0.1, 0.15) is 40.0 Å². The van der Waals surface area contributed by atoms with Gasteiger partial charge in [-0.25, -0.2) is 0 Å². The van der Waals surface area contributed by atoms with Gasteiger partial charge in [-0.1, -0.05) is 13.8 Å². The Hall–Kier alpha value is -1.39. The summed E-state index contributed by atoms with van der Waals surface area (Å²) in [5.74, 6) is -1.01. The van der Waals surface area contributed by atoms with Crippen LogP contribution in [0, 0.1) is 11.8 Å². The summed E-state index contributed by atoms with van der Waals surface area (Å²) in [6, 6.07) is 0. The predicted molar refractivity (Wildman–Crippen MR) is 63.7 cm³/mol. The lowest BCUT2D eigenvalue weighted by Gasteiger charge is -2.30. The van der Waals surface area contributed by atoms with Crippen molar-refractivity contribution in [2.24, 2.45) is 11.8 Å². The molecule has 0 amide bonds. The molecule has 0 aliphatic carbocycles. The van der Waals surface area contributed by atoms with Crippen molar-refractivity contribution in [3.05, 3.63) is 0 Å². The number of carbonyl (C=O) groups is 3. The second-order valence-electron chi connectivity index (χ2n) is 4.93. The average Bonchev–Trinajstić information content (AvgIpc) is 2.30. The van der Waals surface area contributed by atoms with E-state index in [-0.39, 0.29) is 24.4 Å². The molecule has 0 aromatic carbocycles. The van der Waals surface area contributed by atoms with E-state index in [1.165, 1.54) is 6.92 Å². The Balaban J connectivity index is 2.68. The fraction of sp³-hybridized carbons (Fsp3) is 0.769. The Kier molecular flexibility index (Phi) is 5.31. The van der Waals surface area contributed by atoms with Crippen LogP contribution in [0.15, 0.2) is 0 Å². The molecule has 4 atom stereocenters. The lowest BCUT2D eigenvalue weighted by atomic mass is 9.90. The maximum Gasteiger partial charge on any atom is 0.309 e. The van der Waals surface area contributed by atoms with Crippen molar-refractivity contribution < 1.29 is 23.9 Å². The Morgan fingerprint density at radius 2 is 2.17 bits per heavy atom. The largest absolute Gasteiger partial charge is 0.462 e. The van der Waals surface area contributed by atoms with E-state index in [4.69, 9.17) is 9.47 Å². The van der Waals surface area contributed by atoms with Gasteiger partial charge in [0, 0.05) is 12.8 Å². The number of esters is 2. The van der Waals surface area contributed by atoms with Crippen molar-refractivity contribution in [3.8, 4) is 0 Å². The molecule has 0 N–H and O–H groups in total. The average molecular weight is 256 g/mol. The topological polar surface area (TPSA) is 69.7 Å². The molecule has 0 aromatic heterocycles. The lowest BCUT2D eigenvalue weighted by Crippen LogP contribution is -2.35. The molecule has 18 heavy (non-hydrogen) atoms. The number of rotatable bonds is 3. The van der Waals surface area contributed by atoms with E-state index in [9.17, 15) is 14.4 Å². The fourth-order valence-electron chi connectivity index (χ4n) is 2.08. The molecule has 5 heteroatoms. The van der Waals surface area contributed by atoms with Crippen LogP contribution in [0.5, 0.6) is 0 Å². The summed E-state index contributed by atoms with van der Waals surface area (Å²) in [6.45, 7) is 5.00. The van der Waals surface area contributed by atoms with Crippen LogP contribution in [0.3, 0.4) is 0 Å². The first-order chi connectivity index (χ1) is 8.43. The van der Waals surface area contributed by atoms with Gasteiger partial charge in [-0.2, -0.15) is 0 Å². The van der Waals surface area contributed by atoms with E-state index in [0.717, 1.165) is 12.7 Å². The van der Waals surface area contributed by atoms with Crippen molar-refractivity contribution in [2.75, 3.05) is 0 Å². The number of carbonyl (C=O) groups excluding carboxylic acids is 3. The molecule has 0 radical (unpaired) electrons. The minimum Gasteiger partial charge on any atom is -0.462 e. The SMILES string of the molecule is CC(=O)O[C@@H]1CC(=O)O[C@H]([C@H](C)C=O)CC[C@@H]1C. The molecule has 0 unspecified atom stereocenters. The first-order valence-corrected chi connectivity index (χ1v) is 6.26. The van der Waals surface area contributed by atoms with E-state index in [0.29, 0.717) is 6.42 Å². The van der Waals surface area contributed by atoms with Crippen molar-refractivity contribution in [3.63, 3.8) is 0 Å². The third kappa shape index (κ3) is 4.13. The van der Waals surface area contributed by atoms with Crippen LogP contribution in [0.25, 0.3) is 0 Å². The van der Waals surface area contributed by atoms with Crippen LogP contribution >= 0.6 is 0 Å². The smallest absolute Gasteiger partial charge is 0.309 e. The van der Waals surface area contributed by atoms with E-state index in [1.807, 2.05) is 6.92 Å². The number of aldehydes is 1. The second-order valence-corrected chi connectivity index (χ2v) is 4.93. The summed E-state index contributed by atoms with van der Waals surface area (Å²) in [7, 11) is 0. The zero-order chi connectivity index (χ0) is 13.7. The second kappa shape index (κ2) is 6.52. The number of hydrogen-bond donors (Lipinski definition) is 0. The monoisotopic (exact) mass is 256 g/mol. The standard InChI is InChI=1S/C13H20O5/c1-8-4-5-11(9(2)7-14)18-13(16)6-12(8)17-10(3)15/h7-9,11-12H,4-6H2,1-3H3/t8-,9+,11-,12+/m0/s1. The predicted octanol–water partition coefficient (Wildman–Crippen LogP) is 1.48. The highest BCUT2D eigenvalue weighted by Gasteiger charge is 2.31. The van der Waals surface area contributed by atoms with Gasteiger partial charge >= 0.3 is 11.9 Å². The molecule has 1 aliphatic rings. The van der Waals surface area contributed by atoms with Gasteiger partial charge in [-0.15, -0.1) is 0 Å². The van der Waals surface area contributed by atoms with Crippen molar-refractivity contribution in [1.82, 2.24) is 0 Å². The molecular weight excluding hydrogens is 236 g/mol. The minimum atomic E-state index is -0.428. The van der Waals surface area contributed by atoms with Crippen LogP contribution in [-0.4, -0.2) is 30.4 Å². The summed E-state index contributed by atoms with van der Waals surface area (Å²) < 4.78 is 10.4. The van der Waals surface area contributed by atoms with Crippen molar-refractivity contribution in [1.29, 1.82) is 0 Å². The maximum atomic E-state index is 11.7. The summed E-state index contributed by atoms with van der Waals surface area (Å²) >= 11 is 0. The highest BCUT2D eigenvalue weighted by atomic mass is 16.6. The number of ether oxygens (including phenoxy) is 2. The van der Waals surface area contributed by atoms with Crippen LogP contribution in [-0.2, 0) is 23.9 Å². The molecule has 1 heterocycles. The normalized spacial score (nSPS) is 30.6. The van der Waals surface area contributed by atoms with Crippen molar-refractivity contribution >= 4 is 18.2 Å². The minimum absolute atomic E-state index is 0.0584. The molecule has 1 aliphatic heterocycles. The fourth-order valence-corrected chi connectivity index (χ4v) is 2.08. The third-order valence-electron chi connectivity index (χ3n) is 3.31. The van der Waals surface area contributed by atoms with Gasteiger partial charge in [0.25, 0.3) is 0 Å². The summed E-state index contributed by atoms with van der Waals surface area (Å²) in [5.41, 5.74) is 0. The highest BCUT2D eigenvalue weighted by molar-refractivity contribution is 5.72. The van der Waals surface area contributed by atoms with Gasteiger partial charge in [-0.05, 0) is 18.8 Å². The first-order valence-electron chi connectivity index (χ1n) is 6.26. The maximum absolute atomic E-state index is 11.7. The van der Waals surface area contributed by atoms with E-state index >= 15 is 0 Å². The highest BCUT2D eigenvalue weighted by Crippen LogP contribution is 2.25. The van der Waals surface area contributed by atoms with Crippen molar-refractivity contribution in [2.45, 2.75) is 52.2 Å². The van der Waals surface area contributed by atoms with Gasteiger partial charge in [0.1, 0.15) is 18.5 Å². The summed E-state index contributed by atoms with van der Waals surface area (Å²) in [5, 5.41) is 0. The van der Waals surface area contributed by atoms with Gasteiger partial charge in [0.15, 0.2) is 0 Å². The van der Waals surface area contributed by atoms with Gasteiger partial charge in [0.05, 0.1) is 6.42 Å². The summed E-state index contributed by atoms with van der Waals surface area (Å²) in [6.07, 6.45) is 1.44. The Bertz CT molecular complexity index is 325. The third-order valence-corrected chi connectivity index (χ3v) is 3.31. The zero-order valence-corrected chi connectivity index (χ0v) is 11.0.